The lowest BCUT2D eigenvalue weighted by Gasteiger charge is -2.12. The van der Waals surface area contributed by atoms with Gasteiger partial charge in [-0.1, -0.05) is 35.9 Å². The highest BCUT2D eigenvalue weighted by molar-refractivity contribution is 6.32. The lowest BCUT2D eigenvalue weighted by atomic mass is 10.1. The van der Waals surface area contributed by atoms with Crippen LogP contribution in [0.15, 0.2) is 42.5 Å². The van der Waals surface area contributed by atoms with Gasteiger partial charge in [0.15, 0.2) is 0 Å². The summed E-state index contributed by atoms with van der Waals surface area (Å²) in [7, 11) is 5.60. The summed E-state index contributed by atoms with van der Waals surface area (Å²) in [5, 5.41) is 6.04. The molecule has 0 heterocycles. The second-order valence-corrected chi connectivity index (χ2v) is 6.12. The number of hydrogen-bond donors (Lipinski definition) is 2. The molecule has 0 aliphatic heterocycles. The highest BCUT2D eigenvalue weighted by Crippen LogP contribution is 2.27. The minimum atomic E-state index is -0.283. The Morgan fingerprint density at radius 3 is 2.58 bits per heavy atom. The van der Waals surface area contributed by atoms with Crippen molar-refractivity contribution in [2.75, 3.05) is 26.5 Å². The number of methoxy groups -OCH3 is 1. The van der Waals surface area contributed by atoms with E-state index in [9.17, 15) is 4.79 Å². The molecule has 2 aromatic carbocycles. The maximum Gasteiger partial charge on any atom is 0.319 e. The Hall–Kier alpha value is -2.24. The Morgan fingerprint density at radius 1 is 1.17 bits per heavy atom. The molecule has 128 valence electrons. The number of benzene rings is 2. The Labute approximate surface area is 147 Å². The molecule has 2 amide bonds. The minimum absolute atomic E-state index is 0.283. The van der Waals surface area contributed by atoms with Gasteiger partial charge in [-0.2, -0.15) is 0 Å². The zero-order valence-electron chi connectivity index (χ0n) is 14.1. The molecule has 0 spiro atoms. The SMILES string of the molecule is COc1ccc(NC(=O)NCc2cccc(CN(C)C)c2)cc1Cl. The number of carbonyl (C=O) groups excluding carboxylic acids is 1. The molecular formula is C18H22ClN3O2. The van der Waals surface area contributed by atoms with Crippen LogP contribution >= 0.6 is 11.6 Å². The zero-order chi connectivity index (χ0) is 17.5. The molecule has 0 unspecified atom stereocenters. The highest BCUT2D eigenvalue weighted by atomic mass is 35.5. The number of rotatable bonds is 6. The molecule has 0 bridgehead atoms. The average Bonchev–Trinajstić information content (AvgIpc) is 2.53. The van der Waals surface area contributed by atoms with Gasteiger partial charge < -0.3 is 20.3 Å². The van der Waals surface area contributed by atoms with Crippen molar-refractivity contribution in [2.45, 2.75) is 13.1 Å². The predicted molar refractivity (Wildman–Crippen MR) is 97.7 cm³/mol. The Bertz CT molecular complexity index is 704. The fourth-order valence-electron chi connectivity index (χ4n) is 2.30. The van der Waals surface area contributed by atoms with Crippen molar-refractivity contribution in [1.29, 1.82) is 0 Å². The summed E-state index contributed by atoms with van der Waals surface area (Å²) in [6, 6.07) is 13.0. The van der Waals surface area contributed by atoms with Crippen LogP contribution in [0.2, 0.25) is 5.02 Å². The number of nitrogens with one attached hydrogen (secondary N) is 2. The van der Waals surface area contributed by atoms with Gasteiger partial charge >= 0.3 is 6.03 Å². The molecule has 6 heteroatoms. The molecule has 0 saturated carbocycles. The van der Waals surface area contributed by atoms with Crippen molar-refractivity contribution in [3.8, 4) is 5.75 Å². The molecule has 24 heavy (non-hydrogen) atoms. The minimum Gasteiger partial charge on any atom is -0.495 e. The van der Waals surface area contributed by atoms with Crippen molar-refractivity contribution in [1.82, 2.24) is 10.2 Å². The molecule has 2 N–H and O–H groups in total. The van der Waals surface area contributed by atoms with Gasteiger partial charge in [-0.3, -0.25) is 0 Å². The first kappa shape index (κ1) is 18.1. The van der Waals surface area contributed by atoms with Crippen LogP contribution in [0.4, 0.5) is 10.5 Å². The van der Waals surface area contributed by atoms with Gasteiger partial charge in [-0.25, -0.2) is 4.79 Å². The Kier molecular flexibility index (Phi) is 6.46. The predicted octanol–water partition coefficient (Wildman–Crippen LogP) is 3.73. The molecule has 2 rings (SSSR count). The van der Waals surface area contributed by atoms with Crippen LogP contribution < -0.4 is 15.4 Å². The fraction of sp³-hybridized carbons (Fsp3) is 0.278. The Morgan fingerprint density at radius 2 is 1.92 bits per heavy atom. The molecule has 0 saturated heterocycles. The lowest BCUT2D eigenvalue weighted by molar-refractivity contribution is 0.251. The van der Waals surface area contributed by atoms with E-state index in [-0.39, 0.29) is 6.03 Å². The van der Waals surface area contributed by atoms with Crippen LogP contribution in [0.5, 0.6) is 5.75 Å². The molecule has 0 aromatic heterocycles. The summed E-state index contributed by atoms with van der Waals surface area (Å²) in [5.41, 5.74) is 2.87. The van der Waals surface area contributed by atoms with Gasteiger partial charge in [-0.05, 0) is 43.4 Å². The number of carbonyl (C=O) groups is 1. The standard InChI is InChI=1S/C18H22ClN3O2/c1-22(2)12-14-6-4-5-13(9-14)11-20-18(23)21-15-7-8-17(24-3)16(19)10-15/h4-10H,11-12H2,1-3H3,(H2,20,21,23). The van der Waals surface area contributed by atoms with E-state index in [2.05, 4.69) is 27.7 Å². The average molecular weight is 348 g/mol. The largest absolute Gasteiger partial charge is 0.495 e. The van der Waals surface area contributed by atoms with Crippen LogP contribution in [0, 0.1) is 0 Å². The van der Waals surface area contributed by atoms with E-state index in [0.717, 1.165) is 12.1 Å². The number of nitrogens with zero attached hydrogens (tertiary/aromatic N) is 1. The van der Waals surface area contributed by atoms with E-state index in [1.807, 2.05) is 26.2 Å². The second kappa shape index (κ2) is 8.57. The molecule has 0 atom stereocenters. The number of anilines is 1. The zero-order valence-corrected chi connectivity index (χ0v) is 14.9. The Balaban J connectivity index is 1.90. The van der Waals surface area contributed by atoms with Crippen molar-refractivity contribution >= 4 is 23.3 Å². The monoisotopic (exact) mass is 347 g/mol. The summed E-state index contributed by atoms with van der Waals surface area (Å²) in [6.45, 7) is 1.32. The van der Waals surface area contributed by atoms with E-state index in [1.54, 1.807) is 25.3 Å². The third-order valence-corrected chi connectivity index (χ3v) is 3.65. The van der Waals surface area contributed by atoms with Gasteiger partial charge in [0.25, 0.3) is 0 Å². The maximum absolute atomic E-state index is 12.0. The first-order chi connectivity index (χ1) is 11.5. The third-order valence-electron chi connectivity index (χ3n) is 3.35. The van der Waals surface area contributed by atoms with Gasteiger partial charge in [0.1, 0.15) is 5.75 Å². The van der Waals surface area contributed by atoms with Gasteiger partial charge in [0.2, 0.25) is 0 Å². The molecule has 5 nitrogen and oxygen atoms in total. The lowest BCUT2D eigenvalue weighted by Crippen LogP contribution is -2.28. The molecule has 0 radical (unpaired) electrons. The maximum atomic E-state index is 12.0. The van der Waals surface area contributed by atoms with Crippen molar-refractivity contribution in [2.24, 2.45) is 0 Å². The smallest absolute Gasteiger partial charge is 0.319 e. The second-order valence-electron chi connectivity index (χ2n) is 5.71. The summed E-state index contributed by atoms with van der Waals surface area (Å²) >= 11 is 6.04. The van der Waals surface area contributed by atoms with Crippen LogP contribution in [0.25, 0.3) is 0 Å². The quantitative estimate of drug-likeness (QED) is 0.837. The van der Waals surface area contributed by atoms with Gasteiger partial charge in [-0.15, -0.1) is 0 Å². The molecule has 0 aliphatic rings. The van der Waals surface area contributed by atoms with Gasteiger partial charge in [0, 0.05) is 18.8 Å². The van der Waals surface area contributed by atoms with Crippen molar-refractivity contribution in [3.05, 3.63) is 58.6 Å². The van der Waals surface area contributed by atoms with Gasteiger partial charge in [0.05, 0.1) is 12.1 Å². The summed E-state index contributed by atoms with van der Waals surface area (Å²) in [5.74, 6) is 0.570. The van der Waals surface area contributed by atoms with E-state index in [0.29, 0.717) is 23.0 Å². The fourth-order valence-corrected chi connectivity index (χ4v) is 2.56. The van der Waals surface area contributed by atoms with Crippen LogP contribution in [-0.4, -0.2) is 32.1 Å². The first-order valence-corrected chi connectivity index (χ1v) is 7.96. The van der Waals surface area contributed by atoms with E-state index in [1.165, 1.54) is 5.56 Å². The summed E-state index contributed by atoms with van der Waals surface area (Å²) < 4.78 is 5.09. The number of urea groups is 1. The van der Waals surface area contributed by atoms with E-state index >= 15 is 0 Å². The van der Waals surface area contributed by atoms with Crippen LogP contribution in [-0.2, 0) is 13.1 Å². The highest BCUT2D eigenvalue weighted by Gasteiger charge is 2.06. The number of hydrogen-bond acceptors (Lipinski definition) is 3. The summed E-state index contributed by atoms with van der Waals surface area (Å²) in [4.78, 5) is 14.1. The third kappa shape index (κ3) is 5.44. The van der Waals surface area contributed by atoms with Crippen molar-refractivity contribution < 1.29 is 9.53 Å². The van der Waals surface area contributed by atoms with E-state index in [4.69, 9.17) is 16.3 Å². The number of ether oxygens (including phenoxy) is 1. The van der Waals surface area contributed by atoms with Crippen LogP contribution in [0.3, 0.4) is 0 Å². The molecular weight excluding hydrogens is 326 g/mol. The summed E-state index contributed by atoms with van der Waals surface area (Å²) in [6.07, 6.45) is 0. The molecule has 0 aliphatic carbocycles. The van der Waals surface area contributed by atoms with Crippen LogP contribution in [0.1, 0.15) is 11.1 Å². The first-order valence-electron chi connectivity index (χ1n) is 7.59. The molecule has 2 aromatic rings. The normalized spacial score (nSPS) is 10.5. The number of halogens is 1. The number of amides is 2. The van der Waals surface area contributed by atoms with E-state index < -0.39 is 0 Å². The van der Waals surface area contributed by atoms with Crippen molar-refractivity contribution in [3.63, 3.8) is 0 Å². The molecule has 0 fully saturated rings. The topological polar surface area (TPSA) is 53.6 Å².